The van der Waals surface area contributed by atoms with E-state index in [1.54, 1.807) is 6.92 Å². The van der Waals surface area contributed by atoms with Crippen molar-refractivity contribution < 1.29 is 9.59 Å². The van der Waals surface area contributed by atoms with E-state index < -0.39 is 0 Å². The molecule has 0 aliphatic heterocycles. The Balaban J connectivity index is 1.80. The van der Waals surface area contributed by atoms with E-state index in [-0.39, 0.29) is 11.7 Å². The number of amides is 1. The summed E-state index contributed by atoms with van der Waals surface area (Å²) >= 11 is 0. The van der Waals surface area contributed by atoms with Crippen molar-refractivity contribution in [1.82, 2.24) is 4.57 Å². The minimum atomic E-state index is -0.150. The van der Waals surface area contributed by atoms with Crippen molar-refractivity contribution in [2.24, 2.45) is 7.05 Å². The second-order valence-corrected chi connectivity index (χ2v) is 5.68. The molecule has 0 aliphatic rings. The summed E-state index contributed by atoms with van der Waals surface area (Å²) in [6, 6.07) is 17.1. The Bertz CT molecular complexity index is 876. The van der Waals surface area contributed by atoms with Gasteiger partial charge in [0.2, 0.25) is 0 Å². The molecule has 4 nitrogen and oxygen atoms in total. The Labute approximate surface area is 134 Å². The van der Waals surface area contributed by atoms with Crippen molar-refractivity contribution in [2.45, 2.75) is 13.3 Å². The number of ketones is 1. The minimum absolute atomic E-state index is 0.122. The van der Waals surface area contributed by atoms with Crippen LogP contribution >= 0.6 is 0 Å². The SMILES string of the molecule is CC(=O)Cc1ccc(NC(=O)c2cc3ccccc3n2C)cc1. The molecule has 0 saturated heterocycles. The van der Waals surface area contributed by atoms with Crippen LogP contribution in [0.5, 0.6) is 0 Å². The number of benzene rings is 2. The third kappa shape index (κ3) is 3.16. The number of hydrogen-bond acceptors (Lipinski definition) is 2. The quantitative estimate of drug-likeness (QED) is 0.801. The summed E-state index contributed by atoms with van der Waals surface area (Å²) in [5, 5.41) is 3.93. The van der Waals surface area contributed by atoms with E-state index in [4.69, 9.17) is 0 Å². The highest BCUT2D eigenvalue weighted by Crippen LogP contribution is 2.19. The lowest BCUT2D eigenvalue weighted by Gasteiger charge is -2.07. The molecular formula is C19H18N2O2. The number of hydrogen-bond donors (Lipinski definition) is 1. The first kappa shape index (κ1) is 15.0. The fourth-order valence-corrected chi connectivity index (χ4v) is 2.70. The number of fused-ring (bicyclic) bond motifs is 1. The first-order chi connectivity index (χ1) is 11.0. The van der Waals surface area contributed by atoms with Crippen LogP contribution in [0.4, 0.5) is 5.69 Å². The lowest BCUT2D eigenvalue weighted by molar-refractivity contribution is -0.116. The van der Waals surface area contributed by atoms with Gasteiger partial charge in [0.25, 0.3) is 5.91 Å². The zero-order valence-corrected chi connectivity index (χ0v) is 13.2. The molecule has 1 heterocycles. The Morgan fingerprint density at radius 3 is 2.39 bits per heavy atom. The van der Waals surface area contributed by atoms with Gasteiger partial charge in [-0.25, -0.2) is 0 Å². The summed E-state index contributed by atoms with van der Waals surface area (Å²) in [7, 11) is 1.88. The number of nitrogens with zero attached hydrogens (tertiary/aromatic N) is 1. The molecule has 0 aliphatic carbocycles. The van der Waals surface area contributed by atoms with Crippen molar-refractivity contribution in [3.8, 4) is 0 Å². The first-order valence-corrected chi connectivity index (χ1v) is 7.49. The van der Waals surface area contributed by atoms with Crippen LogP contribution in [-0.4, -0.2) is 16.3 Å². The van der Waals surface area contributed by atoms with E-state index in [1.807, 2.05) is 66.2 Å². The second-order valence-electron chi connectivity index (χ2n) is 5.68. The number of rotatable bonds is 4. The summed E-state index contributed by atoms with van der Waals surface area (Å²) in [5.41, 5.74) is 3.29. The molecule has 0 spiro atoms. The van der Waals surface area contributed by atoms with E-state index >= 15 is 0 Å². The average molecular weight is 306 g/mol. The smallest absolute Gasteiger partial charge is 0.272 e. The molecule has 4 heteroatoms. The molecule has 0 unspecified atom stereocenters. The lowest BCUT2D eigenvalue weighted by atomic mass is 10.1. The largest absolute Gasteiger partial charge is 0.340 e. The van der Waals surface area contributed by atoms with Gasteiger partial charge in [0, 0.05) is 30.1 Å². The van der Waals surface area contributed by atoms with Crippen LogP contribution in [0, 0.1) is 0 Å². The van der Waals surface area contributed by atoms with Crippen molar-refractivity contribution in [1.29, 1.82) is 0 Å². The van der Waals surface area contributed by atoms with Gasteiger partial charge < -0.3 is 9.88 Å². The van der Waals surface area contributed by atoms with E-state index in [1.165, 1.54) is 0 Å². The predicted molar refractivity (Wildman–Crippen MR) is 91.7 cm³/mol. The Morgan fingerprint density at radius 1 is 1.04 bits per heavy atom. The van der Waals surface area contributed by atoms with Crippen molar-refractivity contribution >= 4 is 28.3 Å². The van der Waals surface area contributed by atoms with E-state index in [9.17, 15) is 9.59 Å². The topological polar surface area (TPSA) is 51.1 Å². The monoisotopic (exact) mass is 306 g/mol. The van der Waals surface area contributed by atoms with Crippen LogP contribution in [0.2, 0.25) is 0 Å². The fourth-order valence-electron chi connectivity index (χ4n) is 2.70. The molecule has 1 aromatic heterocycles. The molecule has 0 bridgehead atoms. The standard InChI is InChI=1S/C19H18N2O2/c1-13(22)11-14-7-9-16(10-8-14)20-19(23)18-12-15-5-3-4-6-17(15)21(18)2/h3-10,12H,11H2,1-2H3,(H,20,23). The maximum atomic E-state index is 12.5. The zero-order chi connectivity index (χ0) is 16.4. The van der Waals surface area contributed by atoms with Gasteiger partial charge in [-0.1, -0.05) is 30.3 Å². The van der Waals surface area contributed by atoms with E-state index in [0.717, 1.165) is 16.5 Å². The number of aromatic nitrogens is 1. The summed E-state index contributed by atoms with van der Waals surface area (Å²) in [5.74, 6) is -0.0275. The van der Waals surface area contributed by atoms with Gasteiger partial charge >= 0.3 is 0 Å². The molecule has 1 N–H and O–H groups in total. The van der Waals surface area contributed by atoms with E-state index in [2.05, 4.69) is 5.32 Å². The normalized spacial score (nSPS) is 10.7. The van der Waals surface area contributed by atoms with Crippen LogP contribution in [0.3, 0.4) is 0 Å². The van der Waals surface area contributed by atoms with Crippen LogP contribution < -0.4 is 5.32 Å². The highest BCUT2D eigenvalue weighted by atomic mass is 16.2. The molecular weight excluding hydrogens is 288 g/mol. The maximum absolute atomic E-state index is 12.5. The third-order valence-electron chi connectivity index (χ3n) is 3.85. The Morgan fingerprint density at radius 2 is 1.74 bits per heavy atom. The van der Waals surface area contributed by atoms with Crippen LogP contribution in [-0.2, 0) is 18.3 Å². The van der Waals surface area contributed by atoms with Crippen LogP contribution in [0.1, 0.15) is 23.0 Å². The molecule has 0 fully saturated rings. The second kappa shape index (κ2) is 6.08. The maximum Gasteiger partial charge on any atom is 0.272 e. The number of Topliss-reactive ketones (excluding diaryl/α,β-unsaturated/α-hetero) is 1. The molecule has 0 atom stereocenters. The molecule has 0 saturated carbocycles. The van der Waals surface area contributed by atoms with Crippen molar-refractivity contribution in [3.63, 3.8) is 0 Å². The average Bonchev–Trinajstić information content (AvgIpc) is 2.86. The van der Waals surface area contributed by atoms with Gasteiger partial charge in [-0.05, 0) is 36.8 Å². The Kier molecular flexibility index (Phi) is 3.98. The predicted octanol–water partition coefficient (Wildman–Crippen LogP) is 3.56. The zero-order valence-electron chi connectivity index (χ0n) is 13.2. The number of nitrogens with one attached hydrogen (secondary N) is 1. The summed E-state index contributed by atoms with van der Waals surface area (Å²) in [6.45, 7) is 1.57. The highest BCUT2D eigenvalue weighted by Gasteiger charge is 2.13. The summed E-state index contributed by atoms with van der Waals surface area (Å²) < 4.78 is 1.88. The molecule has 23 heavy (non-hydrogen) atoms. The van der Waals surface area contributed by atoms with Crippen LogP contribution in [0.25, 0.3) is 10.9 Å². The number of carbonyl (C=O) groups excluding carboxylic acids is 2. The molecule has 3 aromatic rings. The van der Waals surface area contributed by atoms with Gasteiger partial charge in [0.05, 0.1) is 0 Å². The Hall–Kier alpha value is -2.88. The minimum Gasteiger partial charge on any atom is -0.340 e. The van der Waals surface area contributed by atoms with Crippen molar-refractivity contribution in [3.05, 3.63) is 65.9 Å². The van der Waals surface area contributed by atoms with Gasteiger partial charge in [-0.15, -0.1) is 0 Å². The fraction of sp³-hybridized carbons (Fsp3) is 0.158. The number of carbonyl (C=O) groups is 2. The molecule has 116 valence electrons. The number of anilines is 1. The molecule has 1 amide bonds. The van der Waals surface area contributed by atoms with Crippen molar-refractivity contribution in [2.75, 3.05) is 5.32 Å². The molecule has 0 radical (unpaired) electrons. The molecule has 3 rings (SSSR count). The van der Waals surface area contributed by atoms with E-state index in [0.29, 0.717) is 17.8 Å². The van der Waals surface area contributed by atoms with Crippen LogP contribution in [0.15, 0.2) is 54.6 Å². The summed E-state index contributed by atoms with van der Waals surface area (Å²) in [6.07, 6.45) is 0.414. The molecule has 2 aromatic carbocycles. The van der Waals surface area contributed by atoms with Gasteiger partial charge in [-0.2, -0.15) is 0 Å². The number of para-hydroxylation sites is 1. The third-order valence-corrected chi connectivity index (χ3v) is 3.85. The first-order valence-electron chi connectivity index (χ1n) is 7.49. The van der Waals surface area contributed by atoms with Gasteiger partial charge in [0.15, 0.2) is 0 Å². The highest BCUT2D eigenvalue weighted by molar-refractivity contribution is 6.06. The van der Waals surface area contributed by atoms with Gasteiger partial charge in [0.1, 0.15) is 11.5 Å². The lowest BCUT2D eigenvalue weighted by Crippen LogP contribution is -2.15. The summed E-state index contributed by atoms with van der Waals surface area (Å²) in [4.78, 5) is 23.6. The number of aryl methyl sites for hydroxylation is 1. The van der Waals surface area contributed by atoms with Gasteiger partial charge in [-0.3, -0.25) is 9.59 Å².